The number of nitrogens with one attached hydrogen (secondary N) is 1. The lowest BCUT2D eigenvalue weighted by Crippen LogP contribution is -2.24. The van der Waals surface area contributed by atoms with Gasteiger partial charge in [-0.2, -0.15) is 0 Å². The van der Waals surface area contributed by atoms with Crippen LogP contribution in [-0.4, -0.2) is 11.0 Å². The number of nitrogens with zero attached hydrogens (tertiary/aromatic N) is 1. The fraction of sp³-hybridized carbons (Fsp3) is 0.357. The molecule has 0 spiro atoms. The van der Waals surface area contributed by atoms with E-state index in [2.05, 4.69) is 10.3 Å². The topological polar surface area (TPSA) is 24.9 Å². The second-order valence-corrected chi connectivity index (χ2v) is 6.17. The molecule has 0 saturated heterocycles. The van der Waals surface area contributed by atoms with Crippen LogP contribution in [0.15, 0.2) is 23.6 Å². The van der Waals surface area contributed by atoms with Gasteiger partial charge in [-0.25, -0.2) is 9.37 Å². The van der Waals surface area contributed by atoms with Crippen LogP contribution >= 0.6 is 22.9 Å². The lowest BCUT2D eigenvalue weighted by Gasteiger charge is -2.17. The van der Waals surface area contributed by atoms with Crippen molar-refractivity contribution in [3.63, 3.8) is 0 Å². The van der Waals surface area contributed by atoms with Crippen molar-refractivity contribution >= 4 is 22.9 Å². The lowest BCUT2D eigenvalue weighted by atomic mass is 10.1. The molecule has 1 aliphatic rings. The van der Waals surface area contributed by atoms with Gasteiger partial charge in [-0.3, -0.25) is 0 Å². The van der Waals surface area contributed by atoms with Gasteiger partial charge in [0.15, 0.2) is 0 Å². The lowest BCUT2D eigenvalue weighted by molar-refractivity contribution is 0.584. The number of benzene rings is 1. The average Bonchev–Trinajstić information content (AvgIpc) is 3.11. The van der Waals surface area contributed by atoms with E-state index in [0.717, 1.165) is 16.3 Å². The first kappa shape index (κ1) is 13.0. The highest BCUT2D eigenvalue weighted by atomic mass is 35.5. The minimum Gasteiger partial charge on any atom is -0.301 e. The first-order valence-corrected chi connectivity index (χ1v) is 7.52. The van der Waals surface area contributed by atoms with Gasteiger partial charge in [0.1, 0.15) is 10.8 Å². The Kier molecular flexibility index (Phi) is 3.56. The Morgan fingerprint density at radius 1 is 1.47 bits per heavy atom. The molecule has 3 rings (SSSR count). The Balaban J connectivity index is 1.95. The summed E-state index contributed by atoms with van der Waals surface area (Å²) in [5.41, 5.74) is 1.88. The van der Waals surface area contributed by atoms with Crippen LogP contribution in [-0.2, 0) is 0 Å². The highest BCUT2D eigenvalue weighted by Crippen LogP contribution is 2.31. The molecule has 100 valence electrons. The zero-order chi connectivity index (χ0) is 13.4. The molecule has 1 aromatic carbocycles. The summed E-state index contributed by atoms with van der Waals surface area (Å²) in [7, 11) is 0. The Morgan fingerprint density at radius 2 is 2.26 bits per heavy atom. The maximum Gasteiger partial charge on any atom is 0.142 e. The molecule has 1 saturated carbocycles. The van der Waals surface area contributed by atoms with E-state index in [1.165, 1.54) is 18.9 Å². The van der Waals surface area contributed by atoms with Crippen LogP contribution in [0.4, 0.5) is 4.39 Å². The van der Waals surface area contributed by atoms with Gasteiger partial charge in [0.25, 0.3) is 0 Å². The molecule has 1 fully saturated rings. The fourth-order valence-corrected chi connectivity index (χ4v) is 2.99. The van der Waals surface area contributed by atoms with Gasteiger partial charge in [-0.05, 0) is 37.5 Å². The SMILES string of the molecule is Cc1csc(C(NC2CC2)c2ccc(Cl)c(F)c2)n1. The summed E-state index contributed by atoms with van der Waals surface area (Å²) in [6, 6.07) is 5.45. The first-order valence-electron chi connectivity index (χ1n) is 6.26. The van der Waals surface area contributed by atoms with E-state index in [-0.39, 0.29) is 16.9 Å². The first-order chi connectivity index (χ1) is 9.13. The summed E-state index contributed by atoms with van der Waals surface area (Å²) in [6.07, 6.45) is 2.36. The predicted octanol–water partition coefficient (Wildman–Crippen LogP) is 4.09. The maximum absolute atomic E-state index is 13.6. The Bertz CT molecular complexity index is 595. The van der Waals surface area contributed by atoms with Crippen LogP contribution in [0.1, 0.15) is 35.1 Å². The van der Waals surface area contributed by atoms with E-state index in [1.807, 2.05) is 18.4 Å². The number of hydrogen-bond acceptors (Lipinski definition) is 3. The van der Waals surface area contributed by atoms with Crippen LogP contribution < -0.4 is 5.32 Å². The van der Waals surface area contributed by atoms with E-state index in [1.54, 1.807) is 17.4 Å². The van der Waals surface area contributed by atoms with Crippen molar-refractivity contribution in [2.45, 2.75) is 31.8 Å². The number of halogens is 2. The molecule has 1 N–H and O–H groups in total. The van der Waals surface area contributed by atoms with Gasteiger partial charge in [0.2, 0.25) is 0 Å². The average molecular weight is 297 g/mol. The molecule has 2 nitrogen and oxygen atoms in total. The van der Waals surface area contributed by atoms with Crippen LogP contribution in [0.5, 0.6) is 0 Å². The summed E-state index contributed by atoms with van der Waals surface area (Å²) < 4.78 is 13.6. The Hall–Kier alpha value is -0.970. The zero-order valence-electron chi connectivity index (χ0n) is 10.5. The quantitative estimate of drug-likeness (QED) is 0.919. The zero-order valence-corrected chi connectivity index (χ0v) is 12.1. The van der Waals surface area contributed by atoms with E-state index in [9.17, 15) is 4.39 Å². The minimum absolute atomic E-state index is 0.0435. The summed E-state index contributed by atoms with van der Waals surface area (Å²) in [5, 5.41) is 6.67. The van der Waals surface area contributed by atoms with Crippen LogP contribution in [0, 0.1) is 12.7 Å². The number of aromatic nitrogens is 1. The molecule has 1 heterocycles. The monoisotopic (exact) mass is 296 g/mol. The third kappa shape index (κ3) is 2.96. The van der Waals surface area contributed by atoms with Crippen molar-refractivity contribution in [3.05, 3.63) is 50.7 Å². The molecule has 19 heavy (non-hydrogen) atoms. The van der Waals surface area contributed by atoms with Gasteiger partial charge >= 0.3 is 0 Å². The molecule has 0 aliphatic heterocycles. The summed E-state index contributed by atoms with van der Waals surface area (Å²) in [5.74, 6) is -0.380. The van der Waals surface area contributed by atoms with Gasteiger partial charge in [-0.15, -0.1) is 11.3 Å². The fourth-order valence-electron chi connectivity index (χ4n) is 1.99. The van der Waals surface area contributed by atoms with Crippen LogP contribution in [0.2, 0.25) is 5.02 Å². The molecule has 1 unspecified atom stereocenters. The standard InChI is InChI=1S/C14H14ClFN2S/c1-8-7-19-14(17-8)13(18-10-3-4-10)9-2-5-11(15)12(16)6-9/h2,5-7,10,13,18H,3-4H2,1H3. The number of hydrogen-bond donors (Lipinski definition) is 1. The van der Waals surface area contributed by atoms with E-state index < -0.39 is 0 Å². The van der Waals surface area contributed by atoms with Crippen molar-refractivity contribution in [2.24, 2.45) is 0 Å². The van der Waals surface area contributed by atoms with Gasteiger partial charge in [0, 0.05) is 17.1 Å². The second-order valence-electron chi connectivity index (χ2n) is 4.87. The van der Waals surface area contributed by atoms with Crippen molar-refractivity contribution in [2.75, 3.05) is 0 Å². The van der Waals surface area contributed by atoms with Crippen LogP contribution in [0.25, 0.3) is 0 Å². The summed E-state index contributed by atoms with van der Waals surface area (Å²) >= 11 is 7.35. The van der Waals surface area contributed by atoms with Crippen molar-refractivity contribution in [3.8, 4) is 0 Å². The molecule has 0 bridgehead atoms. The summed E-state index contributed by atoms with van der Waals surface area (Å²) in [4.78, 5) is 4.52. The molecular formula is C14H14ClFN2S. The smallest absolute Gasteiger partial charge is 0.142 e. The maximum atomic E-state index is 13.6. The molecule has 5 heteroatoms. The van der Waals surface area contributed by atoms with E-state index >= 15 is 0 Å². The third-order valence-electron chi connectivity index (χ3n) is 3.14. The highest BCUT2D eigenvalue weighted by molar-refractivity contribution is 7.09. The highest BCUT2D eigenvalue weighted by Gasteiger charge is 2.28. The molecule has 1 aliphatic carbocycles. The molecular weight excluding hydrogens is 283 g/mol. The van der Waals surface area contributed by atoms with Crippen molar-refractivity contribution in [1.82, 2.24) is 10.3 Å². The van der Waals surface area contributed by atoms with E-state index in [4.69, 9.17) is 11.6 Å². The number of thiazole rings is 1. The normalized spacial score (nSPS) is 16.6. The van der Waals surface area contributed by atoms with Gasteiger partial charge in [0.05, 0.1) is 11.1 Å². The molecule has 2 aromatic rings. The second kappa shape index (κ2) is 5.19. The van der Waals surface area contributed by atoms with Crippen molar-refractivity contribution in [1.29, 1.82) is 0 Å². The van der Waals surface area contributed by atoms with Gasteiger partial charge < -0.3 is 5.32 Å². The predicted molar refractivity (Wildman–Crippen MR) is 76.3 cm³/mol. The van der Waals surface area contributed by atoms with E-state index in [0.29, 0.717) is 6.04 Å². The van der Waals surface area contributed by atoms with Crippen molar-refractivity contribution < 1.29 is 4.39 Å². The Morgan fingerprint density at radius 3 is 2.84 bits per heavy atom. The van der Waals surface area contributed by atoms with Gasteiger partial charge in [-0.1, -0.05) is 17.7 Å². The summed E-state index contributed by atoms with van der Waals surface area (Å²) in [6.45, 7) is 1.97. The minimum atomic E-state index is -0.380. The molecule has 1 atom stereocenters. The van der Waals surface area contributed by atoms with Crippen LogP contribution in [0.3, 0.4) is 0 Å². The number of rotatable bonds is 4. The Labute approximate surface area is 120 Å². The molecule has 1 aromatic heterocycles. The number of aryl methyl sites for hydroxylation is 1. The third-order valence-corrected chi connectivity index (χ3v) is 4.47. The molecule has 0 radical (unpaired) electrons. The molecule has 0 amide bonds. The largest absolute Gasteiger partial charge is 0.301 e.